The molecule has 0 heterocycles. The molecule has 0 radical (unpaired) electrons. The van der Waals surface area contributed by atoms with Crippen molar-refractivity contribution in [3.8, 4) is 5.75 Å². The van der Waals surface area contributed by atoms with E-state index in [0.717, 1.165) is 36.0 Å². The van der Waals surface area contributed by atoms with Crippen molar-refractivity contribution in [2.24, 2.45) is 0 Å². The zero-order valence-corrected chi connectivity index (χ0v) is 15.7. The fourth-order valence-corrected chi connectivity index (χ4v) is 2.55. The molecule has 0 unspecified atom stereocenters. The van der Waals surface area contributed by atoms with E-state index in [0.29, 0.717) is 13.0 Å². The molecule has 0 saturated carbocycles. The predicted octanol–water partition coefficient (Wildman–Crippen LogP) is 4.09. The lowest BCUT2D eigenvalue weighted by Gasteiger charge is -2.17. The zero-order chi connectivity index (χ0) is 17.2. The van der Waals surface area contributed by atoms with Gasteiger partial charge in [0.25, 0.3) is 0 Å². The second-order valence-electron chi connectivity index (χ2n) is 5.76. The highest BCUT2D eigenvalue weighted by Crippen LogP contribution is 2.13. The third-order valence-corrected chi connectivity index (χ3v) is 4.39. The van der Waals surface area contributed by atoms with Gasteiger partial charge in [-0.1, -0.05) is 58.4 Å². The van der Waals surface area contributed by atoms with Gasteiger partial charge in [-0.25, -0.2) is 0 Å². The van der Waals surface area contributed by atoms with Gasteiger partial charge < -0.3 is 9.64 Å². The highest BCUT2D eigenvalue weighted by atomic mass is 79.9. The minimum absolute atomic E-state index is 0.138. The van der Waals surface area contributed by atoms with E-state index in [-0.39, 0.29) is 5.91 Å². The average molecular weight is 390 g/mol. The lowest BCUT2D eigenvalue weighted by Crippen LogP contribution is -2.30. The molecule has 0 aromatic heterocycles. The van der Waals surface area contributed by atoms with Crippen LogP contribution < -0.4 is 4.74 Å². The topological polar surface area (TPSA) is 29.5 Å². The Balaban J connectivity index is 1.78. The van der Waals surface area contributed by atoms with Crippen molar-refractivity contribution in [1.82, 2.24) is 4.90 Å². The standard InChI is InChI=1S/C20H24BrNO2/c1-22(14-12-17-6-3-2-4-7-17)20(23)16-18-8-10-19(11-9-18)24-15-5-13-21/h2-4,6-11H,5,12-16H2,1H3. The fraction of sp³-hybridized carbons (Fsp3) is 0.350. The first kappa shape index (κ1) is 18.5. The monoisotopic (exact) mass is 389 g/mol. The van der Waals surface area contributed by atoms with Crippen molar-refractivity contribution >= 4 is 21.8 Å². The number of likely N-dealkylation sites (N-methyl/N-ethyl adjacent to an activating group) is 1. The van der Waals surface area contributed by atoms with Crippen LogP contribution in [-0.4, -0.2) is 36.3 Å². The molecule has 0 fully saturated rings. The van der Waals surface area contributed by atoms with E-state index in [1.807, 2.05) is 49.5 Å². The number of hydrogen-bond acceptors (Lipinski definition) is 2. The molecule has 0 bridgehead atoms. The van der Waals surface area contributed by atoms with E-state index in [9.17, 15) is 4.79 Å². The van der Waals surface area contributed by atoms with Crippen LogP contribution in [0.4, 0.5) is 0 Å². The van der Waals surface area contributed by atoms with E-state index >= 15 is 0 Å². The van der Waals surface area contributed by atoms with Gasteiger partial charge in [-0.15, -0.1) is 0 Å². The van der Waals surface area contributed by atoms with Crippen molar-refractivity contribution in [2.75, 3.05) is 25.5 Å². The molecule has 24 heavy (non-hydrogen) atoms. The summed E-state index contributed by atoms with van der Waals surface area (Å²) in [7, 11) is 1.86. The Bertz CT molecular complexity index is 613. The lowest BCUT2D eigenvalue weighted by atomic mass is 10.1. The Hall–Kier alpha value is -1.81. The summed E-state index contributed by atoms with van der Waals surface area (Å²) in [6.45, 7) is 1.43. The lowest BCUT2D eigenvalue weighted by molar-refractivity contribution is -0.129. The fourth-order valence-electron chi connectivity index (χ4n) is 2.32. The predicted molar refractivity (Wildman–Crippen MR) is 102 cm³/mol. The summed E-state index contributed by atoms with van der Waals surface area (Å²) in [6.07, 6.45) is 2.28. The van der Waals surface area contributed by atoms with Gasteiger partial charge >= 0.3 is 0 Å². The van der Waals surface area contributed by atoms with Gasteiger partial charge in [0.15, 0.2) is 0 Å². The Morgan fingerprint density at radius 3 is 2.42 bits per heavy atom. The summed E-state index contributed by atoms with van der Waals surface area (Å²) in [5.74, 6) is 0.989. The molecule has 0 N–H and O–H groups in total. The molecule has 128 valence electrons. The van der Waals surface area contributed by atoms with E-state index < -0.39 is 0 Å². The van der Waals surface area contributed by atoms with Crippen LogP contribution in [0.2, 0.25) is 0 Å². The quantitative estimate of drug-likeness (QED) is 0.477. The van der Waals surface area contributed by atoms with Crippen LogP contribution in [0.5, 0.6) is 5.75 Å². The second kappa shape index (κ2) is 10.1. The molecule has 4 heteroatoms. The Morgan fingerprint density at radius 2 is 1.75 bits per heavy atom. The Labute approximate surface area is 152 Å². The molecule has 0 aliphatic heterocycles. The van der Waals surface area contributed by atoms with Crippen LogP contribution in [0, 0.1) is 0 Å². The summed E-state index contributed by atoms with van der Waals surface area (Å²) in [6, 6.07) is 18.0. The van der Waals surface area contributed by atoms with Gasteiger partial charge in [0.05, 0.1) is 13.0 Å². The number of rotatable bonds is 9. The van der Waals surface area contributed by atoms with Crippen LogP contribution >= 0.6 is 15.9 Å². The maximum Gasteiger partial charge on any atom is 0.226 e. The van der Waals surface area contributed by atoms with Gasteiger partial charge in [-0.3, -0.25) is 4.79 Å². The van der Waals surface area contributed by atoms with Crippen LogP contribution in [-0.2, 0) is 17.6 Å². The minimum Gasteiger partial charge on any atom is -0.494 e. The summed E-state index contributed by atoms with van der Waals surface area (Å²) >= 11 is 3.38. The number of hydrogen-bond donors (Lipinski definition) is 0. The van der Waals surface area contributed by atoms with E-state index in [1.54, 1.807) is 4.90 Å². The number of alkyl halides is 1. The molecule has 2 aromatic rings. The molecule has 0 aliphatic rings. The number of carbonyl (C=O) groups is 1. The first-order chi connectivity index (χ1) is 11.7. The largest absolute Gasteiger partial charge is 0.494 e. The normalized spacial score (nSPS) is 10.4. The first-order valence-electron chi connectivity index (χ1n) is 8.24. The van der Waals surface area contributed by atoms with Crippen LogP contribution in [0.1, 0.15) is 17.5 Å². The number of halogens is 1. The molecule has 2 rings (SSSR count). The average Bonchev–Trinajstić information content (AvgIpc) is 2.62. The maximum atomic E-state index is 12.3. The summed E-state index contributed by atoms with van der Waals surface area (Å²) < 4.78 is 5.62. The number of amides is 1. The third-order valence-electron chi connectivity index (χ3n) is 3.83. The van der Waals surface area contributed by atoms with Crippen molar-refractivity contribution in [3.05, 3.63) is 65.7 Å². The Kier molecular flexibility index (Phi) is 7.83. The minimum atomic E-state index is 0.138. The third kappa shape index (κ3) is 6.36. The molecule has 0 spiro atoms. The van der Waals surface area contributed by atoms with Crippen molar-refractivity contribution in [1.29, 1.82) is 0 Å². The Morgan fingerprint density at radius 1 is 1.04 bits per heavy atom. The highest BCUT2D eigenvalue weighted by molar-refractivity contribution is 9.09. The SMILES string of the molecule is CN(CCc1ccccc1)C(=O)Cc1ccc(OCCCBr)cc1. The molecule has 1 amide bonds. The molecular formula is C20H24BrNO2. The number of benzene rings is 2. The number of ether oxygens (including phenoxy) is 1. The van der Waals surface area contributed by atoms with E-state index in [1.165, 1.54) is 5.56 Å². The van der Waals surface area contributed by atoms with Gasteiger partial charge in [-0.05, 0) is 36.1 Å². The molecule has 0 aliphatic carbocycles. The molecule has 3 nitrogen and oxygen atoms in total. The van der Waals surface area contributed by atoms with E-state index in [4.69, 9.17) is 4.74 Å². The maximum absolute atomic E-state index is 12.3. The first-order valence-corrected chi connectivity index (χ1v) is 9.37. The summed E-state index contributed by atoms with van der Waals surface area (Å²) in [4.78, 5) is 14.1. The van der Waals surface area contributed by atoms with Gasteiger partial charge in [0.2, 0.25) is 5.91 Å². The van der Waals surface area contributed by atoms with E-state index in [2.05, 4.69) is 28.1 Å². The highest BCUT2D eigenvalue weighted by Gasteiger charge is 2.09. The van der Waals surface area contributed by atoms with Crippen LogP contribution in [0.15, 0.2) is 54.6 Å². The molecule has 0 atom stereocenters. The van der Waals surface area contributed by atoms with Gasteiger partial charge in [-0.2, -0.15) is 0 Å². The smallest absolute Gasteiger partial charge is 0.226 e. The second-order valence-corrected chi connectivity index (χ2v) is 6.56. The van der Waals surface area contributed by atoms with Crippen molar-refractivity contribution < 1.29 is 9.53 Å². The van der Waals surface area contributed by atoms with Crippen LogP contribution in [0.25, 0.3) is 0 Å². The van der Waals surface area contributed by atoms with Gasteiger partial charge in [0.1, 0.15) is 5.75 Å². The van der Waals surface area contributed by atoms with Gasteiger partial charge in [0, 0.05) is 18.9 Å². The van der Waals surface area contributed by atoms with Crippen molar-refractivity contribution in [2.45, 2.75) is 19.3 Å². The molecule has 2 aromatic carbocycles. The summed E-state index contributed by atoms with van der Waals surface area (Å²) in [5.41, 5.74) is 2.27. The van der Waals surface area contributed by atoms with Crippen LogP contribution in [0.3, 0.4) is 0 Å². The number of nitrogens with zero attached hydrogens (tertiary/aromatic N) is 1. The molecular weight excluding hydrogens is 366 g/mol. The number of carbonyl (C=O) groups excluding carboxylic acids is 1. The zero-order valence-electron chi connectivity index (χ0n) is 14.1. The summed E-state index contributed by atoms with van der Waals surface area (Å²) in [5, 5.41) is 0.939. The van der Waals surface area contributed by atoms with Crippen molar-refractivity contribution in [3.63, 3.8) is 0 Å². The molecule has 0 saturated heterocycles.